The number of carbonyl (C=O) groups excluding carboxylic acids is 1. The summed E-state index contributed by atoms with van der Waals surface area (Å²) in [5.41, 5.74) is -0.402. The number of nitrogens with zero attached hydrogens (tertiary/aromatic N) is 1. The minimum Gasteiger partial charge on any atom is -0.481 e. The summed E-state index contributed by atoms with van der Waals surface area (Å²) >= 11 is 0. The fourth-order valence-corrected chi connectivity index (χ4v) is 3.20. The summed E-state index contributed by atoms with van der Waals surface area (Å²) in [5.74, 6) is -0.709. The molecule has 2 atom stereocenters. The molecule has 108 valence electrons. The zero-order valence-electron chi connectivity index (χ0n) is 11.8. The molecule has 2 fully saturated rings. The van der Waals surface area contributed by atoms with Crippen LogP contribution in [0.5, 0.6) is 0 Å². The summed E-state index contributed by atoms with van der Waals surface area (Å²) in [7, 11) is 0. The Hall–Kier alpha value is -1.10. The molecule has 2 aliphatic rings. The molecule has 1 amide bonds. The second-order valence-electron chi connectivity index (χ2n) is 6.34. The molecule has 2 saturated heterocycles. The second-order valence-corrected chi connectivity index (χ2v) is 6.34. The van der Waals surface area contributed by atoms with Crippen LogP contribution in [0.25, 0.3) is 0 Å². The van der Waals surface area contributed by atoms with Crippen molar-refractivity contribution in [2.75, 3.05) is 26.2 Å². The molecule has 0 aromatic heterocycles. The van der Waals surface area contributed by atoms with Crippen LogP contribution < -0.4 is 5.32 Å². The lowest BCUT2D eigenvalue weighted by Crippen LogP contribution is -2.48. The Balaban J connectivity index is 2.00. The molecular weight excluding hydrogens is 244 g/mol. The van der Waals surface area contributed by atoms with Gasteiger partial charge in [0.1, 0.15) is 0 Å². The topological polar surface area (TPSA) is 69.6 Å². The standard InChI is InChI=1S/C14H24N2O3/c1-14(2,11-4-3-6-15-8-11)13(19)16-7-5-10(9-16)12(17)18/h10-11,15H,3-9H2,1-2H3,(H,17,18). The summed E-state index contributed by atoms with van der Waals surface area (Å²) in [6.45, 7) is 6.87. The third-order valence-corrected chi connectivity index (χ3v) is 4.69. The lowest BCUT2D eigenvalue weighted by Gasteiger charge is -2.38. The minimum absolute atomic E-state index is 0.116. The van der Waals surface area contributed by atoms with Crippen molar-refractivity contribution in [1.29, 1.82) is 0 Å². The fourth-order valence-electron chi connectivity index (χ4n) is 3.20. The molecule has 2 aliphatic heterocycles. The van der Waals surface area contributed by atoms with Gasteiger partial charge in [0.25, 0.3) is 0 Å². The first kappa shape index (κ1) is 14.3. The molecule has 0 spiro atoms. The van der Waals surface area contributed by atoms with Crippen LogP contribution >= 0.6 is 0 Å². The van der Waals surface area contributed by atoms with Crippen molar-refractivity contribution in [1.82, 2.24) is 10.2 Å². The van der Waals surface area contributed by atoms with E-state index in [-0.39, 0.29) is 11.8 Å². The second kappa shape index (κ2) is 5.49. The van der Waals surface area contributed by atoms with E-state index in [4.69, 9.17) is 5.11 Å². The number of carbonyl (C=O) groups is 2. The molecule has 0 aromatic rings. The van der Waals surface area contributed by atoms with Gasteiger partial charge in [-0.1, -0.05) is 13.8 Å². The molecule has 5 nitrogen and oxygen atoms in total. The maximum atomic E-state index is 12.6. The lowest BCUT2D eigenvalue weighted by atomic mass is 9.74. The molecule has 0 bridgehead atoms. The summed E-state index contributed by atoms with van der Waals surface area (Å²) in [4.78, 5) is 25.4. The summed E-state index contributed by atoms with van der Waals surface area (Å²) in [6, 6.07) is 0. The number of carboxylic acid groups (broad SMARTS) is 1. The van der Waals surface area contributed by atoms with E-state index in [1.807, 2.05) is 13.8 Å². The number of carboxylic acids is 1. The minimum atomic E-state index is -0.785. The Morgan fingerprint density at radius 2 is 2.05 bits per heavy atom. The number of aliphatic carboxylic acids is 1. The Morgan fingerprint density at radius 1 is 1.32 bits per heavy atom. The fraction of sp³-hybridized carbons (Fsp3) is 0.857. The number of likely N-dealkylation sites (tertiary alicyclic amines) is 1. The van der Waals surface area contributed by atoms with Crippen molar-refractivity contribution in [2.24, 2.45) is 17.3 Å². The average molecular weight is 268 g/mol. The molecule has 2 heterocycles. The van der Waals surface area contributed by atoms with E-state index in [0.717, 1.165) is 25.9 Å². The van der Waals surface area contributed by atoms with Crippen molar-refractivity contribution in [3.63, 3.8) is 0 Å². The number of piperidine rings is 1. The predicted octanol–water partition coefficient (Wildman–Crippen LogP) is 0.945. The van der Waals surface area contributed by atoms with E-state index < -0.39 is 11.4 Å². The van der Waals surface area contributed by atoms with E-state index >= 15 is 0 Å². The van der Waals surface area contributed by atoms with Gasteiger partial charge in [-0.15, -0.1) is 0 Å². The van der Waals surface area contributed by atoms with Gasteiger partial charge in [-0.2, -0.15) is 0 Å². The zero-order chi connectivity index (χ0) is 14.0. The van der Waals surface area contributed by atoms with Gasteiger partial charge in [-0.3, -0.25) is 9.59 Å². The molecule has 0 radical (unpaired) electrons. The van der Waals surface area contributed by atoms with E-state index in [9.17, 15) is 9.59 Å². The van der Waals surface area contributed by atoms with Gasteiger partial charge in [-0.05, 0) is 38.3 Å². The Kier molecular flexibility index (Phi) is 4.13. The lowest BCUT2D eigenvalue weighted by molar-refractivity contribution is -0.144. The van der Waals surface area contributed by atoms with Crippen LogP contribution in [-0.2, 0) is 9.59 Å². The van der Waals surface area contributed by atoms with E-state index in [1.54, 1.807) is 4.90 Å². The Labute approximate surface area is 114 Å². The van der Waals surface area contributed by atoms with Gasteiger partial charge >= 0.3 is 5.97 Å². The quantitative estimate of drug-likeness (QED) is 0.799. The van der Waals surface area contributed by atoms with Gasteiger partial charge in [0, 0.05) is 18.5 Å². The number of hydrogen-bond donors (Lipinski definition) is 2. The largest absolute Gasteiger partial charge is 0.481 e. The van der Waals surface area contributed by atoms with Crippen LogP contribution in [0.1, 0.15) is 33.1 Å². The van der Waals surface area contributed by atoms with Crippen LogP contribution in [0.3, 0.4) is 0 Å². The summed E-state index contributed by atoms with van der Waals surface area (Å²) in [5, 5.41) is 12.4. The van der Waals surface area contributed by atoms with Crippen LogP contribution in [0, 0.1) is 17.3 Å². The average Bonchev–Trinajstić information content (AvgIpc) is 2.88. The first-order valence-electron chi connectivity index (χ1n) is 7.16. The van der Waals surface area contributed by atoms with Crippen molar-refractivity contribution in [3.8, 4) is 0 Å². The monoisotopic (exact) mass is 268 g/mol. The van der Waals surface area contributed by atoms with Gasteiger partial charge < -0.3 is 15.3 Å². The van der Waals surface area contributed by atoms with Gasteiger partial charge in [0.2, 0.25) is 5.91 Å². The number of rotatable bonds is 3. The Bertz CT molecular complexity index is 362. The molecular formula is C14H24N2O3. The highest BCUT2D eigenvalue weighted by molar-refractivity contribution is 5.83. The van der Waals surface area contributed by atoms with E-state index in [0.29, 0.717) is 25.4 Å². The molecule has 0 saturated carbocycles. The molecule has 2 N–H and O–H groups in total. The molecule has 0 aromatic carbocycles. The summed E-state index contributed by atoms with van der Waals surface area (Å²) < 4.78 is 0. The SMILES string of the molecule is CC(C)(C(=O)N1CCC(C(=O)O)C1)C1CCCNC1. The maximum Gasteiger partial charge on any atom is 0.308 e. The van der Waals surface area contributed by atoms with E-state index in [1.165, 1.54) is 0 Å². The smallest absolute Gasteiger partial charge is 0.308 e. The highest BCUT2D eigenvalue weighted by Gasteiger charge is 2.42. The number of hydrogen-bond acceptors (Lipinski definition) is 3. The van der Waals surface area contributed by atoms with E-state index in [2.05, 4.69) is 5.32 Å². The Morgan fingerprint density at radius 3 is 2.58 bits per heavy atom. The maximum absolute atomic E-state index is 12.6. The van der Waals surface area contributed by atoms with Crippen molar-refractivity contribution in [2.45, 2.75) is 33.1 Å². The molecule has 0 aliphatic carbocycles. The molecule has 19 heavy (non-hydrogen) atoms. The van der Waals surface area contributed by atoms with Gasteiger partial charge in [0.05, 0.1) is 5.92 Å². The predicted molar refractivity (Wildman–Crippen MR) is 71.7 cm³/mol. The highest BCUT2D eigenvalue weighted by Crippen LogP contribution is 2.35. The van der Waals surface area contributed by atoms with Crippen LogP contribution in [-0.4, -0.2) is 48.1 Å². The van der Waals surface area contributed by atoms with Crippen molar-refractivity contribution >= 4 is 11.9 Å². The molecule has 5 heteroatoms. The van der Waals surface area contributed by atoms with Crippen LogP contribution in [0.4, 0.5) is 0 Å². The third kappa shape index (κ3) is 2.91. The van der Waals surface area contributed by atoms with Crippen LogP contribution in [0.15, 0.2) is 0 Å². The van der Waals surface area contributed by atoms with Crippen molar-refractivity contribution < 1.29 is 14.7 Å². The number of amides is 1. The molecule has 2 unspecified atom stereocenters. The zero-order valence-corrected chi connectivity index (χ0v) is 11.8. The third-order valence-electron chi connectivity index (χ3n) is 4.69. The number of nitrogens with one attached hydrogen (secondary N) is 1. The van der Waals surface area contributed by atoms with Gasteiger partial charge in [0.15, 0.2) is 0 Å². The van der Waals surface area contributed by atoms with Crippen molar-refractivity contribution in [3.05, 3.63) is 0 Å². The molecule has 2 rings (SSSR count). The summed E-state index contributed by atoms with van der Waals surface area (Å²) in [6.07, 6.45) is 2.77. The van der Waals surface area contributed by atoms with Crippen LogP contribution in [0.2, 0.25) is 0 Å². The first-order valence-corrected chi connectivity index (χ1v) is 7.16. The first-order chi connectivity index (χ1) is 8.93. The highest BCUT2D eigenvalue weighted by atomic mass is 16.4. The van der Waals surface area contributed by atoms with Gasteiger partial charge in [-0.25, -0.2) is 0 Å². The normalized spacial score (nSPS) is 28.4.